The minimum atomic E-state index is -0.647. The Labute approximate surface area is 116 Å². The van der Waals surface area contributed by atoms with Crippen LogP contribution in [0.3, 0.4) is 0 Å². The first kappa shape index (κ1) is 12.7. The van der Waals surface area contributed by atoms with Gasteiger partial charge in [-0.1, -0.05) is 15.9 Å². The third-order valence-corrected chi connectivity index (χ3v) is 2.75. The summed E-state index contributed by atoms with van der Waals surface area (Å²) < 4.78 is 14.2. The smallest absolute Gasteiger partial charge is 0.224 e. The number of hydrogen-bond acceptors (Lipinski definition) is 4. The number of anilines is 2. The first-order valence-corrected chi connectivity index (χ1v) is 5.92. The second-order valence-corrected chi connectivity index (χ2v) is 4.52. The van der Waals surface area contributed by atoms with E-state index in [-0.39, 0.29) is 11.1 Å². The summed E-state index contributed by atoms with van der Waals surface area (Å²) in [7, 11) is 0. The van der Waals surface area contributed by atoms with Crippen LogP contribution in [-0.2, 0) is 0 Å². The third kappa shape index (κ3) is 2.75. The summed E-state index contributed by atoms with van der Waals surface area (Å²) in [6.45, 7) is 0. The molecule has 0 unspecified atom stereocenters. The molecule has 0 aliphatic carbocycles. The van der Waals surface area contributed by atoms with E-state index in [1.165, 1.54) is 0 Å². The molecule has 0 atom stereocenters. The SMILES string of the molecule is N#Cc1cc(Br)ccc1Nc1nc(Cl)ncc1F. The van der Waals surface area contributed by atoms with Gasteiger partial charge in [0.1, 0.15) is 6.07 Å². The topological polar surface area (TPSA) is 61.6 Å². The van der Waals surface area contributed by atoms with Gasteiger partial charge < -0.3 is 5.32 Å². The van der Waals surface area contributed by atoms with Gasteiger partial charge in [-0.05, 0) is 29.8 Å². The van der Waals surface area contributed by atoms with Crippen LogP contribution in [0.2, 0.25) is 5.28 Å². The highest BCUT2D eigenvalue weighted by Gasteiger charge is 2.09. The molecular weight excluding hydrogens is 323 g/mol. The second-order valence-electron chi connectivity index (χ2n) is 3.26. The second kappa shape index (κ2) is 5.29. The summed E-state index contributed by atoms with van der Waals surface area (Å²) >= 11 is 8.83. The molecule has 0 amide bonds. The van der Waals surface area contributed by atoms with Gasteiger partial charge in [0.25, 0.3) is 0 Å². The molecule has 0 aliphatic rings. The molecule has 90 valence electrons. The van der Waals surface area contributed by atoms with Crippen molar-refractivity contribution in [2.45, 2.75) is 0 Å². The molecule has 0 saturated heterocycles. The van der Waals surface area contributed by atoms with E-state index in [9.17, 15) is 4.39 Å². The zero-order valence-electron chi connectivity index (χ0n) is 8.78. The van der Waals surface area contributed by atoms with Gasteiger partial charge in [-0.2, -0.15) is 10.2 Å². The largest absolute Gasteiger partial charge is 0.337 e. The zero-order chi connectivity index (χ0) is 13.1. The molecular formula is C11H5BrClFN4. The van der Waals surface area contributed by atoms with E-state index in [0.29, 0.717) is 11.3 Å². The lowest BCUT2D eigenvalue weighted by Crippen LogP contribution is -2.00. The molecule has 1 aromatic heterocycles. The molecule has 0 fully saturated rings. The minimum absolute atomic E-state index is 0.0745. The molecule has 0 spiro atoms. The Morgan fingerprint density at radius 3 is 2.94 bits per heavy atom. The van der Waals surface area contributed by atoms with E-state index < -0.39 is 5.82 Å². The van der Waals surface area contributed by atoms with Gasteiger partial charge in [-0.3, -0.25) is 0 Å². The summed E-state index contributed by atoms with van der Waals surface area (Å²) in [6.07, 6.45) is 0.961. The van der Waals surface area contributed by atoms with Crippen molar-refractivity contribution in [3.8, 4) is 6.07 Å². The Hall–Kier alpha value is -1.71. The van der Waals surface area contributed by atoms with Crippen molar-refractivity contribution in [2.24, 2.45) is 0 Å². The maximum Gasteiger partial charge on any atom is 0.224 e. The van der Waals surface area contributed by atoms with Gasteiger partial charge in [0, 0.05) is 4.47 Å². The summed E-state index contributed by atoms with van der Waals surface area (Å²) in [6, 6.07) is 6.98. The highest BCUT2D eigenvalue weighted by Crippen LogP contribution is 2.24. The normalized spacial score (nSPS) is 9.89. The van der Waals surface area contributed by atoms with E-state index in [2.05, 4.69) is 31.2 Å². The van der Waals surface area contributed by atoms with Gasteiger partial charge in [0.05, 0.1) is 17.4 Å². The molecule has 7 heteroatoms. The molecule has 1 aromatic carbocycles. The number of hydrogen-bond donors (Lipinski definition) is 1. The Balaban J connectivity index is 2.40. The third-order valence-electron chi connectivity index (χ3n) is 2.07. The number of nitrogens with zero attached hydrogens (tertiary/aromatic N) is 3. The van der Waals surface area contributed by atoms with E-state index in [0.717, 1.165) is 10.7 Å². The molecule has 4 nitrogen and oxygen atoms in total. The molecule has 0 saturated carbocycles. The molecule has 1 heterocycles. The number of nitrogens with one attached hydrogen (secondary N) is 1. The molecule has 2 rings (SSSR count). The van der Waals surface area contributed by atoms with Crippen LogP contribution in [0.5, 0.6) is 0 Å². The molecule has 0 aliphatic heterocycles. The summed E-state index contributed by atoms with van der Waals surface area (Å²) in [5.41, 5.74) is 0.799. The molecule has 0 radical (unpaired) electrons. The Morgan fingerprint density at radius 2 is 2.22 bits per heavy atom. The van der Waals surface area contributed by atoms with Gasteiger partial charge in [0.15, 0.2) is 11.6 Å². The Bertz CT molecular complexity index is 641. The number of halogens is 3. The van der Waals surface area contributed by atoms with E-state index >= 15 is 0 Å². The highest BCUT2D eigenvalue weighted by atomic mass is 79.9. The minimum Gasteiger partial charge on any atom is -0.337 e. The maximum atomic E-state index is 13.4. The van der Waals surface area contributed by atoms with Crippen molar-refractivity contribution in [2.75, 3.05) is 5.32 Å². The van der Waals surface area contributed by atoms with Crippen LogP contribution in [0.4, 0.5) is 15.9 Å². The molecule has 2 aromatic rings. The summed E-state index contributed by atoms with van der Waals surface area (Å²) in [5.74, 6) is -0.722. The van der Waals surface area contributed by atoms with Crippen molar-refractivity contribution in [3.05, 3.63) is 45.5 Å². The fraction of sp³-hybridized carbons (Fsp3) is 0. The van der Waals surface area contributed by atoms with Crippen LogP contribution in [0.15, 0.2) is 28.9 Å². The summed E-state index contributed by atoms with van der Waals surface area (Å²) in [5, 5.41) is 11.6. The van der Waals surface area contributed by atoms with Crippen LogP contribution in [-0.4, -0.2) is 9.97 Å². The molecule has 18 heavy (non-hydrogen) atoms. The summed E-state index contributed by atoms with van der Waals surface area (Å²) in [4.78, 5) is 7.22. The van der Waals surface area contributed by atoms with Crippen molar-refractivity contribution in [1.82, 2.24) is 9.97 Å². The Kier molecular flexibility index (Phi) is 3.75. The van der Waals surface area contributed by atoms with Gasteiger partial charge in [-0.25, -0.2) is 9.37 Å². The van der Waals surface area contributed by atoms with Crippen molar-refractivity contribution in [1.29, 1.82) is 5.26 Å². The Morgan fingerprint density at radius 1 is 1.44 bits per heavy atom. The fourth-order valence-electron chi connectivity index (χ4n) is 1.28. The first-order chi connectivity index (χ1) is 8.60. The van der Waals surface area contributed by atoms with Gasteiger partial charge in [0.2, 0.25) is 5.28 Å². The monoisotopic (exact) mass is 326 g/mol. The lowest BCUT2D eigenvalue weighted by atomic mass is 10.2. The van der Waals surface area contributed by atoms with Crippen LogP contribution < -0.4 is 5.32 Å². The zero-order valence-corrected chi connectivity index (χ0v) is 11.1. The van der Waals surface area contributed by atoms with E-state index in [1.807, 2.05) is 6.07 Å². The van der Waals surface area contributed by atoms with Crippen molar-refractivity contribution < 1.29 is 4.39 Å². The van der Waals surface area contributed by atoms with Crippen molar-refractivity contribution >= 4 is 39.0 Å². The number of nitriles is 1. The predicted molar refractivity (Wildman–Crippen MR) is 69.1 cm³/mol. The average molecular weight is 328 g/mol. The van der Waals surface area contributed by atoms with Gasteiger partial charge >= 0.3 is 0 Å². The predicted octanol–water partition coefficient (Wildman–Crippen LogP) is 3.65. The lowest BCUT2D eigenvalue weighted by molar-refractivity contribution is 0.619. The number of rotatable bonds is 2. The van der Waals surface area contributed by atoms with Crippen molar-refractivity contribution in [3.63, 3.8) is 0 Å². The molecule has 0 bridgehead atoms. The van der Waals surface area contributed by atoms with E-state index in [1.54, 1.807) is 18.2 Å². The van der Waals surface area contributed by atoms with Crippen LogP contribution in [0.1, 0.15) is 5.56 Å². The quantitative estimate of drug-likeness (QED) is 0.855. The average Bonchev–Trinajstić information content (AvgIpc) is 2.36. The lowest BCUT2D eigenvalue weighted by Gasteiger charge is -2.08. The first-order valence-electron chi connectivity index (χ1n) is 4.75. The van der Waals surface area contributed by atoms with E-state index in [4.69, 9.17) is 16.9 Å². The highest BCUT2D eigenvalue weighted by molar-refractivity contribution is 9.10. The van der Waals surface area contributed by atoms with Crippen LogP contribution >= 0.6 is 27.5 Å². The van der Waals surface area contributed by atoms with Gasteiger partial charge in [-0.15, -0.1) is 0 Å². The van der Waals surface area contributed by atoms with Crippen LogP contribution in [0.25, 0.3) is 0 Å². The standard InChI is InChI=1S/C11H5BrClFN4/c12-7-1-2-9(6(3-7)4-15)17-10-8(14)5-16-11(13)18-10/h1-3,5H,(H,16,17,18). The molecule has 1 N–H and O–H groups in total. The number of aromatic nitrogens is 2. The van der Waals surface area contributed by atoms with Crippen LogP contribution in [0, 0.1) is 17.1 Å². The fourth-order valence-corrected chi connectivity index (χ4v) is 1.77. The number of benzene rings is 1. The maximum absolute atomic E-state index is 13.4.